The Morgan fingerprint density at radius 3 is 2.68 bits per heavy atom. The Kier molecular flexibility index (Phi) is 5.40. The Balaban J connectivity index is 1.37. The summed E-state index contributed by atoms with van der Waals surface area (Å²) in [6.07, 6.45) is 4.07. The second kappa shape index (κ2) is 8.35. The minimum Gasteiger partial charge on any atom is -0.462 e. The van der Waals surface area contributed by atoms with Crippen LogP contribution in [-0.4, -0.2) is 54.2 Å². The van der Waals surface area contributed by atoms with Gasteiger partial charge in [0, 0.05) is 42.2 Å². The summed E-state index contributed by atoms with van der Waals surface area (Å²) in [5.74, 6) is 0.565. The number of benzene rings is 2. The molecule has 0 radical (unpaired) electrons. The number of anilines is 2. The van der Waals surface area contributed by atoms with Crippen molar-refractivity contribution in [2.24, 2.45) is 0 Å². The lowest BCUT2D eigenvalue weighted by Gasteiger charge is -2.25. The maximum Gasteiger partial charge on any atom is 0.318 e. The van der Waals surface area contributed by atoms with Gasteiger partial charge in [-0.25, -0.2) is 0 Å². The van der Waals surface area contributed by atoms with Gasteiger partial charge in [0.1, 0.15) is 12.4 Å². The van der Waals surface area contributed by atoms with Crippen molar-refractivity contribution in [2.75, 3.05) is 43.9 Å². The van der Waals surface area contributed by atoms with E-state index in [-0.39, 0.29) is 0 Å². The van der Waals surface area contributed by atoms with Gasteiger partial charge in [0.2, 0.25) is 0 Å². The summed E-state index contributed by atoms with van der Waals surface area (Å²) < 4.78 is 5.98. The van der Waals surface area contributed by atoms with Gasteiger partial charge in [-0.3, -0.25) is 0 Å². The molecule has 31 heavy (non-hydrogen) atoms. The minimum absolute atomic E-state index is 0.422. The molecule has 0 saturated carbocycles. The molecule has 3 heterocycles. The molecule has 0 amide bonds. The zero-order valence-electron chi connectivity index (χ0n) is 18.5. The van der Waals surface area contributed by atoms with Gasteiger partial charge in [-0.1, -0.05) is 30.3 Å². The van der Waals surface area contributed by atoms with Crippen LogP contribution in [0.3, 0.4) is 0 Å². The molecular weight excluding hydrogens is 386 g/mol. The van der Waals surface area contributed by atoms with Gasteiger partial charge in [-0.05, 0) is 56.8 Å². The molecule has 3 aromatic rings. The second-order valence-electron chi connectivity index (χ2n) is 8.84. The van der Waals surface area contributed by atoms with Crippen LogP contribution in [0.15, 0.2) is 36.4 Å². The van der Waals surface area contributed by atoms with Crippen LogP contribution < -0.4 is 15.4 Å². The molecule has 2 N–H and O–H groups in total. The molecule has 1 fully saturated rings. The molecule has 1 saturated heterocycles. The van der Waals surface area contributed by atoms with Gasteiger partial charge in [-0.15, -0.1) is 0 Å². The summed E-state index contributed by atoms with van der Waals surface area (Å²) in [4.78, 5) is 14.1. The van der Waals surface area contributed by atoms with Gasteiger partial charge < -0.3 is 20.3 Å². The Bertz CT molecular complexity index is 1090. The quantitative estimate of drug-likeness (QED) is 0.700. The van der Waals surface area contributed by atoms with Crippen LogP contribution in [0.2, 0.25) is 0 Å². The normalized spacial score (nSPS) is 19.4. The molecular formula is C25H31N5O. The molecule has 0 unspecified atom stereocenters. The Hall–Kier alpha value is -2.86. The summed E-state index contributed by atoms with van der Waals surface area (Å²) in [7, 11) is 2.15. The average molecular weight is 418 g/mol. The molecule has 1 atom stereocenters. The first-order valence-electron chi connectivity index (χ1n) is 11.3. The topological polar surface area (TPSA) is 67.5 Å². The number of fused-ring (bicyclic) bond motifs is 2. The molecule has 6 heteroatoms. The van der Waals surface area contributed by atoms with Crippen molar-refractivity contribution in [3.63, 3.8) is 0 Å². The first kappa shape index (κ1) is 20.1. The fraction of sp³-hybridized carbons (Fsp3) is 0.440. The summed E-state index contributed by atoms with van der Waals surface area (Å²) in [5, 5.41) is 2.62. The highest BCUT2D eigenvalue weighted by molar-refractivity contribution is 5.96. The average Bonchev–Trinajstić information content (AvgIpc) is 3.05. The van der Waals surface area contributed by atoms with E-state index in [1.807, 2.05) is 0 Å². The number of nitrogens with zero attached hydrogens (tertiary/aromatic N) is 4. The van der Waals surface area contributed by atoms with Gasteiger partial charge in [0.05, 0.1) is 5.69 Å². The monoisotopic (exact) mass is 417 g/mol. The summed E-state index contributed by atoms with van der Waals surface area (Å²) >= 11 is 0. The second-order valence-corrected chi connectivity index (χ2v) is 8.84. The van der Waals surface area contributed by atoms with Gasteiger partial charge in [-0.2, -0.15) is 9.97 Å². The summed E-state index contributed by atoms with van der Waals surface area (Å²) in [6, 6.07) is 13.9. The largest absolute Gasteiger partial charge is 0.462 e. The van der Waals surface area contributed by atoms with Crippen LogP contribution in [0.25, 0.3) is 10.8 Å². The van der Waals surface area contributed by atoms with Crippen molar-refractivity contribution in [1.29, 1.82) is 0 Å². The number of nitrogens with two attached hydrogens (primary N) is 1. The van der Waals surface area contributed by atoms with Crippen LogP contribution in [0.1, 0.15) is 29.7 Å². The van der Waals surface area contributed by atoms with E-state index < -0.39 is 0 Å². The zero-order valence-corrected chi connectivity index (χ0v) is 18.5. The predicted molar refractivity (Wildman–Crippen MR) is 126 cm³/mol. The van der Waals surface area contributed by atoms with E-state index in [4.69, 9.17) is 15.5 Å². The summed E-state index contributed by atoms with van der Waals surface area (Å²) in [5.41, 5.74) is 11.1. The molecule has 6 nitrogen and oxygen atoms in total. The van der Waals surface area contributed by atoms with E-state index in [1.54, 1.807) is 0 Å². The number of hydrogen-bond donors (Lipinski definition) is 1. The number of likely N-dealkylation sites (N-methyl/N-ethyl adjacent to an activating group) is 1. The first-order chi connectivity index (χ1) is 15.1. The fourth-order valence-electron chi connectivity index (χ4n) is 5.04. The Morgan fingerprint density at radius 1 is 1.06 bits per heavy atom. The maximum atomic E-state index is 6.36. The van der Waals surface area contributed by atoms with Crippen LogP contribution in [0.4, 0.5) is 11.5 Å². The van der Waals surface area contributed by atoms with Crippen LogP contribution in [-0.2, 0) is 12.8 Å². The lowest BCUT2D eigenvalue weighted by molar-refractivity contribution is 0.187. The smallest absolute Gasteiger partial charge is 0.318 e. The van der Waals surface area contributed by atoms with Crippen molar-refractivity contribution in [2.45, 2.75) is 38.6 Å². The molecule has 2 aliphatic heterocycles. The molecule has 2 aliphatic rings. The van der Waals surface area contributed by atoms with Gasteiger partial charge in [0.15, 0.2) is 0 Å². The van der Waals surface area contributed by atoms with Crippen LogP contribution in [0, 0.1) is 6.92 Å². The third kappa shape index (κ3) is 3.92. The number of rotatable bonds is 4. The fourth-order valence-corrected chi connectivity index (χ4v) is 5.04. The third-order valence-electron chi connectivity index (χ3n) is 6.86. The van der Waals surface area contributed by atoms with Crippen molar-refractivity contribution in [3.05, 3.63) is 53.2 Å². The highest BCUT2D eigenvalue weighted by Crippen LogP contribution is 2.32. The Morgan fingerprint density at radius 2 is 1.87 bits per heavy atom. The SMILES string of the molecule is Cc1cccc2cccc(N3CCc4nc(OC[C@@H]5CCCN5C)nc(N)c4CC3)c12. The molecule has 0 spiro atoms. The van der Waals surface area contributed by atoms with E-state index in [1.165, 1.54) is 28.4 Å². The molecule has 1 aromatic heterocycles. The van der Waals surface area contributed by atoms with E-state index in [2.05, 4.69) is 65.2 Å². The highest BCUT2D eigenvalue weighted by Gasteiger charge is 2.24. The van der Waals surface area contributed by atoms with E-state index in [0.29, 0.717) is 24.5 Å². The van der Waals surface area contributed by atoms with Gasteiger partial charge >= 0.3 is 6.01 Å². The standard InChI is InChI=1S/C25H31N5O/c1-17-6-3-7-18-8-4-10-22(23(17)18)30-14-11-20-21(12-15-30)27-25(28-24(20)26)31-16-19-9-5-13-29(19)2/h3-4,6-8,10,19H,5,9,11-16H2,1-2H3,(H2,26,27,28)/t19-/m0/s1. The number of aryl methyl sites for hydroxylation is 1. The molecule has 5 rings (SSSR count). The van der Waals surface area contributed by atoms with Crippen molar-refractivity contribution in [3.8, 4) is 6.01 Å². The maximum absolute atomic E-state index is 6.36. The van der Waals surface area contributed by atoms with Crippen molar-refractivity contribution >= 4 is 22.3 Å². The zero-order chi connectivity index (χ0) is 21.4. The van der Waals surface area contributed by atoms with Crippen LogP contribution in [0.5, 0.6) is 6.01 Å². The minimum atomic E-state index is 0.422. The van der Waals surface area contributed by atoms with E-state index in [9.17, 15) is 0 Å². The molecule has 0 bridgehead atoms. The van der Waals surface area contributed by atoms with Crippen LogP contribution >= 0.6 is 0 Å². The highest BCUT2D eigenvalue weighted by atomic mass is 16.5. The molecule has 0 aliphatic carbocycles. The van der Waals surface area contributed by atoms with Gasteiger partial charge in [0.25, 0.3) is 0 Å². The van der Waals surface area contributed by atoms with Crippen molar-refractivity contribution < 1.29 is 4.74 Å². The third-order valence-corrected chi connectivity index (χ3v) is 6.86. The number of ether oxygens (including phenoxy) is 1. The Labute approximate surface area is 184 Å². The molecule has 162 valence electrons. The van der Waals surface area contributed by atoms with E-state index in [0.717, 1.165) is 50.2 Å². The number of nitrogen functional groups attached to an aromatic ring is 1. The predicted octanol–water partition coefficient (Wildman–Crippen LogP) is 3.60. The number of aromatic nitrogens is 2. The van der Waals surface area contributed by atoms with E-state index >= 15 is 0 Å². The number of likely N-dealkylation sites (tertiary alicyclic amines) is 1. The lowest BCUT2D eigenvalue weighted by atomic mass is 10.0. The summed E-state index contributed by atoms with van der Waals surface area (Å²) in [6.45, 7) is 5.75. The first-order valence-corrected chi connectivity index (χ1v) is 11.3. The van der Waals surface area contributed by atoms with Crippen molar-refractivity contribution in [1.82, 2.24) is 14.9 Å². The molecule has 2 aromatic carbocycles. The number of hydrogen-bond acceptors (Lipinski definition) is 6. The lowest BCUT2D eigenvalue weighted by Crippen LogP contribution is -2.31.